The molecule has 0 spiro atoms. The lowest BCUT2D eigenvalue weighted by Crippen LogP contribution is -2.46. The lowest BCUT2D eigenvalue weighted by molar-refractivity contribution is -0.130. The molecule has 0 radical (unpaired) electrons. The van der Waals surface area contributed by atoms with E-state index in [4.69, 9.17) is 4.55 Å². The molecule has 2 N–H and O–H groups in total. The van der Waals surface area contributed by atoms with E-state index in [2.05, 4.69) is 31.6 Å². The maximum Gasteiger partial charge on any atom is 0.357 e. The lowest BCUT2D eigenvalue weighted by Gasteiger charge is -2.50. The van der Waals surface area contributed by atoms with Crippen LogP contribution in [0.2, 0.25) is 0 Å². The molecule has 1 fully saturated rings. The Morgan fingerprint density at radius 3 is 2.71 bits per heavy atom. The highest BCUT2D eigenvalue weighted by atomic mass is 32.2. The molecule has 3 aliphatic rings. The standard InChI is InChI=1S/C24H34N2O4S/c1-5-26(15(2)3)23(27)22-11-10-21-20-8-6-16-14-17(25-31(28,29)30)7-9-18(16)19(20)12-13-24(21,22)4/h7,9,11,14-15,19-21,25H,5-6,8,10,12-13H2,1-4H3,(H,28,29,30). The van der Waals surface area contributed by atoms with E-state index in [-0.39, 0.29) is 17.4 Å². The summed E-state index contributed by atoms with van der Waals surface area (Å²) in [7, 11) is -4.27. The van der Waals surface area contributed by atoms with Gasteiger partial charge in [0.25, 0.3) is 0 Å². The average molecular weight is 447 g/mol. The van der Waals surface area contributed by atoms with Crippen LogP contribution in [0.1, 0.15) is 70.4 Å². The zero-order chi connectivity index (χ0) is 22.6. The number of anilines is 1. The van der Waals surface area contributed by atoms with E-state index in [1.807, 2.05) is 24.0 Å². The third-order valence-electron chi connectivity index (χ3n) is 8.01. The molecular weight excluding hydrogens is 412 g/mol. The number of hydrogen-bond donors (Lipinski definition) is 2. The smallest absolute Gasteiger partial charge is 0.337 e. The highest BCUT2D eigenvalue weighted by Crippen LogP contribution is 2.61. The van der Waals surface area contributed by atoms with Crippen molar-refractivity contribution in [3.05, 3.63) is 41.0 Å². The minimum absolute atomic E-state index is 0.0650. The summed E-state index contributed by atoms with van der Waals surface area (Å²) in [5.41, 5.74) is 3.83. The summed E-state index contributed by atoms with van der Waals surface area (Å²) in [6.45, 7) is 9.24. The van der Waals surface area contributed by atoms with E-state index >= 15 is 0 Å². The van der Waals surface area contributed by atoms with Crippen molar-refractivity contribution < 1.29 is 17.8 Å². The number of amides is 1. The summed E-state index contributed by atoms with van der Waals surface area (Å²) in [5, 5.41) is 0. The minimum Gasteiger partial charge on any atom is -0.337 e. The Balaban J connectivity index is 1.58. The van der Waals surface area contributed by atoms with Crippen LogP contribution in [0, 0.1) is 17.3 Å². The van der Waals surface area contributed by atoms with Gasteiger partial charge in [-0.1, -0.05) is 19.1 Å². The topological polar surface area (TPSA) is 86.7 Å². The van der Waals surface area contributed by atoms with Crippen LogP contribution >= 0.6 is 0 Å². The van der Waals surface area contributed by atoms with Crippen molar-refractivity contribution in [3.8, 4) is 0 Å². The molecule has 0 bridgehead atoms. The fourth-order valence-corrected chi connectivity index (χ4v) is 7.02. The normalized spacial score (nSPS) is 29.6. The fraction of sp³-hybridized carbons (Fsp3) is 0.625. The second-order valence-electron chi connectivity index (χ2n) is 9.90. The molecule has 0 saturated heterocycles. The molecular formula is C24H34N2O4S. The monoisotopic (exact) mass is 446 g/mol. The Morgan fingerprint density at radius 1 is 1.32 bits per heavy atom. The molecule has 170 valence electrons. The summed E-state index contributed by atoms with van der Waals surface area (Å²) < 4.78 is 33.6. The van der Waals surface area contributed by atoms with Crippen LogP contribution in [0.25, 0.3) is 0 Å². The number of aryl methyl sites for hydroxylation is 1. The van der Waals surface area contributed by atoms with E-state index in [1.165, 1.54) is 5.56 Å². The van der Waals surface area contributed by atoms with Gasteiger partial charge in [-0.25, -0.2) is 0 Å². The minimum atomic E-state index is -4.27. The van der Waals surface area contributed by atoms with E-state index in [9.17, 15) is 13.2 Å². The molecule has 4 rings (SSSR count). The summed E-state index contributed by atoms with van der Waals surface area (Å²) in [6, 6.07) is 5.82. The Hall–Kier alpha value is -1.86. The number of hydrogen-bond acceptors (Lipinski definition) is 3. The second kappa shape index (κ2) is 7.93. The molecule has 1 saturated carbocycles. The van der Waals surface area contributed by atoms with Gasteiger partial charge in [0.2, 0.25) is 5.91 Å². The molecule has 1 aromatic rings. The third kappa shape index (κ3) is 3.91. The number of rotatable bonds is 5. The van der Waals surface area contributed by atoms with Crippen LogP contribution in [0.4, 0.5) is 5.69 Å². The Labute approximate surface area is 186 Å². The predicted molar refractivity (Wildman–Crippen MR) is 122 cm³/mol. The van der Waals surface area contributed by atoms with E-state index in [0.717, 1.165) is 49.8 Å². The Kier molecular flexibility index (Phi) is 5.71. The van der Waals surface area contributed by atoms with Gasteiger partial charge in [-0.2, -0.15) is 8.42 Å². The van der Waals surface area contributed by atoms with Crippen LogP contribution in [0.3, 0.4) is 0 Å². The number of carbonyl (C=O) groups excluding carboxylic acids is 1. The van der Waals surface area contributed by atoms with Crippen molar-refractivity contribution in [2.75, 3.05) is 11.3 Å². The zero-order valence-corrected chi connectivity index (χ0v) is 19.7. The first-order valence-corrected chi connectivity index (χ1v) is 12.9. The number of nitrogens with zero attached hydrogens (tertiary/aromatic N) is 1. The SMILES string of the molecule is CCN(C(=O)C1=CCC2C3CCc4cc(NS(=O)(=O)O)ccc4C3CCC12C)C(C)C. The molecule has 4 atom stereocenters. The van der Waals surface area contributed by atoms with Crippen LogP contribution in [-0.4, -0.2) is 36.4 Å². The van der Waals surface area contributed by atoms with Gasteiger partial charge in [-0.3, -0.25) is 14.1 Å². The summed E-state index contributed by atoms with van der Waals surface area (Å²) in [6.07, 6.45) is 7.15. The first kappa shape index (κ1) is 22.3. The number of allylic oxidation sites excluding steroid dienone is 1. The molecule has 1 amide bonds. The molecule has 0 aromatic heterocycles. The average Bonchev–Trinajstić information content (AvgIpc) is 3.03. The second-order valence-corrected chi connectivity index (χ2v) is 11.1. The van der Waals surface area contributed by atoms with Crippen molar-refractivity contribution in [1.82, 2.24) is 4.90 Å². The van der Waals surface area contributed by atoms with Crippen molar-refractivity contribution in [3.63, 3.8) is 0 Å². The van der Waals surface area contributed by atoms with E-state index < -0.39 is 10.3 Å². The third-order valence-corrected chi connectivity index (χ3v) is 8.50. The summed E-state index contributed by atoms with van der Waals surface area (Å²) >= 11 is 0. The molecule has 0 heterocycles. The summed E-state index contributed by atoms with van der Waals surface area (Å²) in [5.74, 6) is 1.65. The number of likely N-dealkylation sites (N-methyl/N-ethyl adjacent to an activating group) is 1. The molecule has 0 aliphatic heterocycles. The van der Waals surface area contributed by atoms with Gasteiger partial charge in [0.05, 0.1) is 5.69 Å². The van der Waals surface area contributed by atoms with Crippen LogP contribution in [-0.2, 0) is 21.5 Å². The largest absolute Gasteiger partial charge is 0.357 e. The molecule has 4 unspecified atom stereocenters. The maximum absolute atomic E-state index is 13.4. The summed E-state index contributed by atoms with van der Waals surface area (Å²) in [4.78, 5) is 15.3. The van der Waals surface area contributed by atoms with E-state index in [0.29, 0.717) is 23.4 Å². The first-order chi connectivity index (χ1) is 14.5. The van der Waals surface area contributed by atoms with Gasteiger partial charge in [0.15, 0.2) is 0 Å². The van der Waals surface area contributed by atoms with Crippen molar-refractivity contribution >= 4 is 21.9 Å². The van der Waals surface area contributed by atoms with Gasteiger partial charge in [-0.05, 0) is 93.9 Å². The number of nitrogens with one attached hydrogen (secondary N) is 1. The predicted octanol–water partition coefficient (Wildman–Crippen LogP) is 4.55. The van der Waals surface area contributed by atoms with Gasteiger partial charge in [-0.15, -0.1) is 0 Å². The molecule has 1 aromatic carbocycles. The lowest BCUT2D eigenvalue weighted by atomic mass is 9.54. The van der Waals surface area contributed by atoms with E-state index in [1.54, 1.807) is 6.07 Å². The Bertz CT molecular complexity index is 1020. The highest BCUT2D eigenvalue weighted by Gasteiger charge is 2.53. The van der Waals surface area contributed by atoms with Crippen LogP contribution in [0.15, 0.2) is 29.8 Å². The van der Waals surface area contributed by atoms with Gasteiger partial charge in [0.1, 0.15) is 0 Å². The van der Waals surface area contributed by atoms with Crippen molar-refractivity contribution in [1.29, 1.82) is 0 Å². The van der Waals surface area contributed by atoms with Gasteiger partial charge >= 0.3 is 10.3 Å². The molecule has 3 aliphatic carbocycles. The highest BCUT2D eigenvalue weighted by molar-refractivity contribution is 7.87. The van der Waals surface area contributed by atoms with Gasteiger partial charge < -0.3 is 4.90 Å². The number of fused-ring (bicyclic) bond motifs is 5. The van der Waals surface area contributed by atoms with Crippen LogP contribution < -0.4 is 4.72 Å². The zero-order valence-electron chi connectivity index (χ0n) is 18.9. The van der Waals surface area contributed by atoms with Crippen LogP contribution in [0.5, 0.6) is 0 Å². The quantitative estimate of drug-likeness (QED) is 0.650. The van der Waals surface area contributed by atoms with Gasteiger partial charge in [0, 0.05) is 23.6 Å². The number of carbonyl (C=O) groups is 1. The molecule has 31 heavy (non-hydrogen) atoms. The number of benzene rings is 1. The fourth-order valence-electron chi connectivity index (χ4n) is 6.59. The Morgan fingerprint density at radius 2 is 2.06 bits per heavy atom. The first-order valence-electron chi connectivity index (χ1n) is 11.4. The maximum atomic E-state index is 13.4. The van der Waals surface area contributed by atoms with Crippen molar-refractivity contribution in [2.24, 2.45) is 17.3 Å². The molecule has 7 heteroatoms. The molecule has 6 nitrogen and oxygen atoms in total. The van der Waals surface area contributed by atoms with Crippen molar-refractivity contribution in [2.45, 2.75) is 71.8 Å².